The number of carboxylic acids is 1. The Balaban J connectivity index is 1.52. The van der Waals surface area contributed by atoms with Crippen LogP contribution in [0, 0.1) is 0 Å². The first-order valence-corrected chi connectivity index (χ1v) is 10.8. The Kier molecular flexibility index (Phi) is 5.99. The van der Waals surface area contributed by atoms with E-state index in [0.29, 0.717) is 18.0 Å². The minimum Gasteiger partial charge on any atom is -0.480 e. The largest absolute Gasteiger partial charge is 0.480 e. The monoisotopic (exact) mass is 436 g/mol. The van der Waals surface area contributed by atoms with Crippen molar-refractivity contribution in [2.24, 2.45) is 0 Å². The first kappa shape index (κ1) is 22.0. The average molecular weight is 437 g/mol. The minimum absolute atomic E-state index is 0.369. The Morgan fingerprint density at radius 2 is 1.81 bits per heavy atom. The number of benzene rings is 1. The Hall–Kier alpha value is -3.23. The van der Waals surface area contributed by atoms with E-state index in [0.717, 1.165) is 42.5 Å². The topological polar surface area (TPSA) is 108 Å². The normalized spacial score (nSPS) is 15.7. The van der Waals surface area contributed by atoms with Crippen molar-refractivity contribution in [3.05, 3.63) is 65.5 Å². The molecule has 1 saturated heterocycles. The van der Waals surface area contributed by atoms with E-state index < -0.39 is 17.4 Å². The fraction of sp³-hybridized carbons (Fsp3) is 0.375. The van der Waals surface area contributed by atoms with E-state index in [9.17, 15) is 14.7 Å². The number of amides is 1. The lowest BCUT2D eigenvalue weighted by atomic mass is 9.86. The molecule has 168 valence electrons. The van der Waals surface area contributed by atoms with Gasteiger partial charge in [-0.15, -0.1) is 0 Å². The number of rotatable bonds is 6. The number of pyridine rings is 1. The van der Waals surface area contributed by atoms with Gasteiger partial charge in [-0.2, -0.15) is 0 Å². The number of fused-ring (bicyclic) bond motifs is 1. The zero-order chi connectivity index (χ0) is 22.9. The van der Waals surface area contributed by atoms with Crippen LogP contribution in [0.4, 0.5) is 0 Å². The number of aromatic nitrogens is 2. The van der Waals surface area contributed by atoms with Crippen LogP contribution in [0.1, 0.15) is 54.1 Å². The number of hydroxylamine groups is 1. The molecule has 4 rings (SSSR count). The number of carboxylic acid groups (broad SMARTS) is 1. The van der Waals surface area contributed by atoms with Crippen molar-refractivity contribution in [1.82, 2.24) is 19.9 Å². The quantitative estimate of drug-likeness (QED) is 0.404. The molecule has 1 aliphatic heterocycles. The number of carbonyl (C=O) groups is 2. The Labute approximate surface area is 186 Å². The zero-order valence-corrected chi connectivity index (χ0v) is 18.3. The van der Waals surface area contributed by atoms with Gasteiger partial charge >= 0.3 is 5.97 Å². The number of piperidine rings is 1. The Morgan fingerprint density at radius 1 is 1.12 bits per heavy atom. The highest BCUT2D eigenvalue weighted by molar-refractivity contribution is 5.93. The lowest BCUT2D eigenvalue weighted by Crippen LogP contribution is -2.52. The number of nitrogens with zero attached hydrogens (tertiary/aromatic N) is 3. The third kappa shape index (κ3) is 4.11. The third-order valence-corrected chi connectivity index (χ3v) is 6.62. The molecule has 1 aromatic carbocycles. The van der Waals surface area contributed by atoms with Crippen molar-refractivity contribution in [3.63, 3.8) is 0 Å². The average Bonchev–Trinajstić information content (AvgIpc) is 3.22. The molecular weight excluding hydrogens is 408 g/mol. The molecule has 0 radical (unpaired) electrons. The van der Waals surface area contributed by atoms with E-state index in [4.69, 9.17) is 5.21 Å². The maximum atomic E-state index is 11.6. The third-order valence-electron chi connectivity index (χ3n) is 6.62. The summed E-state index contributed by atoms with van der Waals surface area (Å²) in [5.41, 5.74) is 4.37. The van der Waals surface area contributed by atoms with Crippen molar-refractivity contribution in [2.75, 3.05) is 13.1 Å². The van der Waals surface area contributed by atoms with Gasteiger partial charge in [0, 0.05) is 29.9 Å². The molecule has 3 aromatic rings. The summed E-state index contributed by atoms with van der Waals surface area (Å²) in [7, 11) is 0. The molecule has 0 aliphatic carbocycles. The fourth-order valence-corrected chi connectivity index (χ4v) is 4.50. The standard InChI is InChI=1S/C24H28N4O4/c1-24(2,23(30)31)28-13-8-17(9-14-28)19-7-11-25-21-20(19)10-12-27(21)15-16-3-5-18(6-4-16)22(29)26-32/h3-7,10-12,17,32H,8-9,13-15H2,1-2H3,(H,26,29)(H,30,31). The van der Waals surface area contributed by atoms with Gasteiger partial charge in [0.05, 0.1) is 0 Å². The van der Waals surface area contributed by atoms with Crippen LogP contribution in [-0.2, 0) is 11.3 Å². The summed E-state index contributed by atoms with van der Waals surface area (Å²) >= 11 is 0. The van der Waals surface area contributed by atoms with Gasteiger partial charge in [0.1, 0.15) is 11.2 Å². The first-order chi connectivity index (χ1) is 15.3. The van der Waals surface area contributed by atoms with Gasteiger partial charge in [0.2, 0.25) is 0 Å². The summed E-state index contributed by atoms with van der Waals surface area (Å²) in [5.74, 6) is -0.954. The molecular formula is C24H28N4O4. The van der Waals surface area contributed by atoms with Crippen LogP contribution >= 0.6 is 0 Å². The Bertz CT molecular complexity index is 1130. The summed E-state index contributed by atoms with van der Waals surface area (Å²) in [5, 5.41) is 19.4. The molecule has 1 aliphatic rings. The number of carbonyl (C=O) groups excluding carboxylic acids is 1. The molecule has 8 nitrogen and oxygen atoms in total. The molecule has 0 atom stereocenters. The van der Waals surface area contributed by atoms with Crippen LogP contribution in [-0.4, -0.2) is 55.3 Å². The molecule has 3 N–H and O–H groups in total. The molecule has 0 spiro atoms. The fourth-order valence-electron chi connectivity index (χ4n) is 4.50. The van der Waals surface area contributed by atoms with Gasteiger partial charge in [-0.05, 0) is 81.1 Å². The summed E-state index contributed by atoms with van der Waals surface area (Å²) in [6.45, 7) is 5.66. The lowest BCUT2D eigenvalue weighted by Gasteiger charge is -2.40. The predicted molar refractivity (Wildman–Crippen MR) is 120 cm³/mol. The van der Waals surface area contributed by atoms with E-state index in [-0.39, 0.29) is 0 Å². The van der Waals surface area contributed by atoms with Crippen molar-refractivity contribution in [1.29, 1.82) is 0 Å². The van der Waals surface area contributed by atoms with Gasteiger partial charge in [-0.3, -0.25) is 19.7 Å². The highest BCUT2D eigenvalue weighted by atomic mass is 16.5. The van der Waals surface area contributed by atoms with Gasteiger partial charge in [0.25, 0.3) is 5.91 Å². The SMILES string of the molecule is CC(C)(C(=O)O)N1CCC(c2ccnc3c2ccn3Cc2ccc(C(=O)NO)cc2)CC1. The van der Waals surface area contributed by atoms with Gasteiger partial charge in [0.15, 0.2) is 0 Å². The van der Waals surface area contributed by atoms with E-state index in [1.807, 2.05) is 24.5 Å². The maximum Gasteiger partial charge on any atom is 0.323 e. The number of likely N-dealkylation sites (tertiary alicyclic amines) is 1. The number of aliphatic carboxylic acids is 1. The molecule has 0 bridgehead atoms. The van der Waals surface area contributed by atoms with Crippen molar-refractivity contribution >= 4 is 22.9 Å². The molecule has 2 aromatic heterocycles. The smallest absolute Gasteiger partial charge is 0.323 e. The lowest BCUT2D eigenvalue weighted by molar-refractivity contribution is -0.150. The van der Waals surface area contributed by atoms with Crippen molar-refractivity contribution in [2.45, 2.75) is 44.7 Å². The summed E-state index contributed by atoms with van der Waals surface area (Å²) in [4.78, 5) is 29.7. The Morgan fingerprint density at radius 3 is 2.44 bits per heavy atom. The van der Waals surface area contributed by atoms with Crippen LogP contribution in [0.25, 0.3) is 11.0 Å². The van der Waals surface area contributed by atoms with E-state index >= 15 is 0 Å². The summed E-state index contributed by atoms with van der Waals surface area (Å²) in [6, 6.07) is 11.3. The molecule has 1 fully saturated rings. The predicted octanol–water partition coefficient (Wildman–Crippen LogP) is 3.25. The van der Waals surface area contributed by atoms with Crippen LogP contribution < -0.4 is 5.48 Å². The molecule has 0 unspecified atom stereocenters. The molecule has 32 heavy (non-hydrogen) atoms. The van der Waals surface area contributed by atoms with E-state index in [2.05, 4.69) is 26.6 Å². The zero-order valence-electron chi connectivity index (χ0n) is 18.3. The highest BCUT2D eigenvalue weighted by Crippen LogP contribution is 2.35. The van der Waals surface area contributed by atoms with Crippen molar-refractivity contribution in [3.8, 4) is 0 Å². The van der Waals surface area contributed by atoms with Crippen LogP contribution in [0.2, 0.25) is 0 Å². The first-order valence-electron chi connectivity index (χ1n) is 10.8. The summed E-state index contributed by atoms with van der Waals surface area (Å²) in [6.07, 6.45) is 5.69. The summed E-state index contributed by atoms with van der Waals surface area (Å²) < 4.78 is 2.09. The van der Waals surface area contributed by atoms with Crippen LogP contribution in [0.15, 0.2) is 48.8 Å². The molecule has 0 saturated carbocycles. The minimum atomic E-state index is -0.852. The highest BCUT2D eigenvalue weighted by Gasteiger charge is 2.37. The second-order valence-electron chi connectivity index (χ2n) is 8.84. The number of nitrogens with one attached hydrogen (secondary N) is 1. The van der Waals surface area contributed by atoms with Gasteiger partial charge < -0.3 is 9.67 Å². The van der Waals surface area contributed by atoms with E-state index in [1.165, 1.54) is 5.56 Å². The van der Waals surface area contributed by atoms with Crippen molar-refractivity contribution < 1.29 is 19.9 Å². The van der Waals surface area contributed by atoms with Crippen LogP contribution in [0.3, 0.4) is 0 Å². The second-order valence-corrected chi connectivity index (χ2v) is 8.84. The van der Waals surface area contributed by atoms with E-state index in [1.54, 1.807) is 31.5 Å². The van der Waals surface area contributed by atoms with Crippen LogP contribution in [0.5, 0.6) is 0 Å². The van der Waals surface area contributed by atoms with Gasteiger partial charge in [-0.1, -0.05) is 12.1 Å². The molecule has 3 heterocycles. The number of hydrogen-bond acceptors (Lipinski definition) is 5. The molecule has 8 heteroatoms. The number of hydrogen-bond donors (Lipinski definition) is 3. The second kappa shape index (κ2) is 8.72. The maximum absolute atomic E-state index is 11.6. The molecule has 1 amide bonds. The van der Waals surface area contributed by atoms with Gasteiger partial charge in [-0.25, -0.2) is 10.5 Å².